The smallest absolute Gasteiger partial charge is 0.326 e. The lowest BCUT2D eigenvalue weighted by atomic mass is 10.0. The molecule has 2 amide bonds. The summed E-state index contributed by atoms with van der Waals surface area (Å²) in [7, 11) is 1.58. The van der Waals surface area contributed by atoms with Crippen LogP contribution in [-0.2, 0) is 14.3 Å². The van der Waals surface area contributed by atoms with Gasteiger partial charge in [0.2, 0.25) is 0 Å². The first-order valence-corrected chi connectivity index (χ1v) is 6.93. The lowest BCUT2D eigenvalue weighted by molar-refractivity contribution is -0.139. The van der Waals surface area contributed by atoms with E-state index in [1.807, 2.05) is 6.92 Å². The normalized spacial score (nSPS) is 23.3. The number of aliphatic carboxylic acids is 1. The zero-order chi connectivity index (χ0) is 15.0. The largest absolute Gasteiger partial charge is 0.480 e. The highest BCUT2D eigenvalue weighted by Gasteiger charge is 2.35. The summed E-state index contributed by atoms with van der Waals surface area (Å²) in [5, 5.41) is 14.2. The molecule has 0 aromatic carbocycles. The van der Waals surface area contributed by atoms with Crippen LogP contribution in [0.2, 0.25) is 0 Å². The van der Waals surface area contributed by atoms with E-state index in [9.17, 15) is 9.59 Å². The van der Waals surface area contributed by atoms with Gasteiger partial charge in [-0.3, -0.25) is 0 Å². The highest BCUT2D eigenvalue weighted by atomic mass is 16.5. The molecule has 0 aromatic heterocycles. The number of ether oxygens (including phenoxy) is 2. The van der Waals surface area contributed by atoms with E-state index in [2.05, 4.69) is 10.6 Å². The van der Waals surface area contributed by atoms with E-state index in [0.717, 1.165) is 12.8 Å². The minimum Gasteiger partial charge on any atom is -0.480 e. The summed E-state index contributed by atoms with van der Waals surface area (Å²) in [5.41, 5.74) is -0.501. The molecule has 20 heavy (non-hydrogen) atoms. The zero-order valence-electron chi connectivity index (χ0n) is 12.1. The predicted molar refractivity (Wildman–Crippen MR) is 72.7 cm³/mol. The van der Waals surface area contributed by atoms with E-state index < -0.39 is 23.6 Å². The van der Waals surface area contributed by atoms with Crippen molar-refractivity contribution in [3.63, 3.8) is 0 Å². The van der Waals surface area contributed by atoms with Crippen LogP contribution in [0.15, 0.2) is 0 Å². The fourth-order valence-electron chi connectivity index (χ4n) is 2.08. The van der Waals surface area contributed by atoms with Gasteiger partial charge in [0.15, 0.2) is 0 Å². The maximum absolute atomic E-state index is 11.8. The Balaban J connectivity index is 2.39. The van der Waals surface area contributed by atoms with Gasteiger partial charge in [-0.2, -0.15) is 0 Å². The van der Waals surface area contributed by atoms with Crippen molar-refractivity contribution in [1.82, 2.24) is 10.6 Å². The minimum absolute atomic E-state index is 0.301. The van der Waals surface area contributed by atoms with Gasteiger partial charge in [-0.1, -0.05) is 19.8 Å². The fourth-order valence-corrected chi connectivity index (χ4v) is 2.08. The number of unbranched alkanes of at least 4 members (excludes halogenated alkanes) is 1. The second-order valence-electron chi connectivity index (χ2n) is 5.05. The first-order chi connectivity index (χ1) is 9.53. The molecule has 7 nitrogen and oxygen atoms in total. The summed E-state index contributed by atoms with van der Waals surface area (Å²) in [6.07, 6.45) is 2.78. The van der Waals surface area contributed by atoms with Crippen molar-refractivity contribution in [2.45, 2.75) is 44.2 Å². The Morgan fingerprint density at radius 3 is 2.75 bits per heavy atom. The van der Waals surface area contributed by atoms with Crippen LogP contribution in [0, 0.1) is 0 Å². The van der Waals surface area contributed by atoms with Crippen LogP contribution in [0.1, 0.15) is 32.6 Å². The molecular weight excluding hydrogens is 264 g/mol. The summed E-state index contributed by atoms with van der Waals surface area (Å²) < 4.78 is 10.6. The maximum atomic E-state index is 11.8. The number of carbonyl (C=O) groups excluding carboxylic acids is 1. The van der Waals surface area contributed by atoms with Gasteiger partial charge in [0.1, 0.15) is 11.6 Å². The summed E-state index contributed by atoms with van der Waals surface area (Å²) in [4.78, 5) is 22.8. The number of amides is 2. The van der Waals surface area contributed by atoms with E-state index in [1.54, 1.807) is 7.11 Å². The summed E-state index contributed by atoms with van der Waals surface area (Å²) in [5.74, 6) is -1.01. The van der Waals surface area contributed by atoms with Crippen LogP contribution >= 0.6 is 0 Å². The molecule has 1 aliphatic heterocycles. The zero-order valence-corrected chi connectivity index (χ0v) is 12.1. The Labute approximate surface area is 119 Å². The topological polar surface area (TPSA) is 96.9 Å². The number of carboxylic acid groups (broad SMARTS) is 1. The standard InChI is InChI=1S/C13H24N2O5/c1-3-4-5-10(11(16)17)15-12(18)14-8-13(19-2)6-7-20-9-13/h10H,3-9H2,1-2H3,(H,16,17)(H2,14,15,18). The highest BCUT2D eigenvalue weighted by Crippen LogP contribution is 2.21. The number of rotatable bonds is 8. The predicted octanol–water partition coefficient (Wildman–Crippen LogP) is 0.735. The molecule has 1 aliphatic rings. The van der Waals surface area contributed by atoms with Crippen molar-refractivity contribution in [2.24, 2.45) is 0 Å². The summed E-state index contributed by atoms with van der Waals surface area (Å²) >= 11 is 0. The molecule has 2 atom stereocenters. The van der Waals surface area contributed by atoms with Crippen molar-refractivity contribution in [2.75, 3.05) is 26.9 Å². The third kappa shape index (κ3) is 4.97. The third-order valence-electron chi connectivity index (χ3n) is 3.52. The monoisotopic (exact) mass is 288 g/mol. The maximum Gasteiger partial charge on any atom is 0.326 e. The van der Waals surface area contributed by atoms with Crippen molar-refractivity contribution in [3.8, 4) is 0 Å². The fraction of sp³-hybridized carbons (Fsp3) is 0.846. The van der Waals surface area contributed by atoms with Crippen LogP contribution < -0.4 is 10.6 Å². The van der Waals surface area contributed by atoms with Gasteiger partial charge < -0.3 is 25.2 Å². The quantitative estimate of drug-likeness (QED) is 0.612. The molecule has 1 saturated heterocycles. The molecule has 0 aromatic rings. The van der Waals surface area contributed by atoms with Crippen molar-refractivity contribution in [3.05, 3.63) is 0 Å². The number of carboxylic acids is 1. The van der Waals surface area contributed by atoms with Crippen LogP contribution in [-0.4, -0.2) is 55.6 Å². The average Bonchev–Trinajstić information content (AvgIpc) is 2.90. The molecule has 0 radical (unpaired) electrons. The van der Waals surface area contributed by atoms with E-state index in [0.29, 0.717) is 32.6 Å². The lowest BCUT2D eigenvalue weighted by Gasteiger charge is -2.26. The van der Waals surface area contributed by atoms with Crippen LogP contribution in [0.3, 0.4) is 0 Å². The van der Waals surface area contributed by atoms with Crippen LogP contribution in [0.5, 0.6) is 0 Å². The highest BCUT2D eigenvalue weighted by molar-refractivity contribution is 5.82. The molecule has 1 fully saturated rings. The van der Waals surface area contributed by atoms with Gasteiger partial charge in [0.05, 0.1) is 13.2 Å². The molecule has 1 heterocycles. The Hall–Kier alpha value is -1.34. The van der Waals surface area contributed by atoms with Gasteiger partial charge in [-0.15, -0.1) is 0 Å². The van der Waals surface area contributed by atoms with Crippen molar-refractivity contribution >= 4 is 12.0 Å². The van der Waals surface area contributed by atoms with Gasteiger partial charge >= 0.3 is 12.0 Å². The van der Waals surface area contributed by atoms with E-state index in [4.69, 9.17) is 14.6 Å². The molecule has 116 valence electrons. The van der Waals surface area contributed by atoms with Crippen molar-refractivity contribution < 1.29 is 24.2 Å². The lowest BCUT2D eigenvalue weighted by Crippen LogP contribution is -2.51. The van der Waals surface area contributed by atoms with Gasteiger partial charge in [-0.05, 0) is 6.42 Å². The van der Waals surface area contributed by atoms with Crippen LogP contribution in [0.25, 0.3) is 0 Å². The number of hydrogen-bond donors (Lipinski definition) is 3. The Bertz CT molecular complexity index is 329. The number of nitrogens with one attached hydrogen (secondary N) is 2. The van der Waals surface area contributed by atoms with E-state index in [-0.39, 0.29) is 0 Å². The number of methoxy groups -OCH3 is 1. The minimum atomic E-state index is -1.01. The molecule has 0 saturated carbocycles. The molecule has 0 bridgehead atoms. The molecular formula is C13H24N2O5. The Morgan fingerprint density at radius 1 is 1.50 bits per heavy atom. The van der Waals surface area contributed by atoms with E-state index >= 15 is 0 Å². The SMILES string of the molecule is CCCCC(NC(=O)NCC1(OC)CCOC1)C(=O)O. The second-order valence-corrected chi connectivity index (χ2v) is 5.05. The summed E-state index contributed by atoms with van der Waals surface area (Å²) in [6, 6.07) is -1.34. The number of hydrogen-bond acceptors (Lipinski definition) is 4. The first kappa shape index (κ1) is 16.7. The number of urea groups is 1. The Kier molecular flexibility index (Phi) is 6.74. The summed E-state index contributed by atoms with van der Waals surface area (Å²) in [6.45, 7) is 3.31. The molecule has 0 aliphatic carbocycles. The molecule has 3 N–H and O–H groups in total. The molecule has 2 unspecified atom stereocenters. The van der Waals surface area contributed by atoms with Gasteiger partial charge in [-0.25, -0.2) is 9.59 Å². The third-order valence-corrected chi connectivity index (χ3v) is 3.52. The van der Waals surface area contributed by atoms with Crippen molar-refractivity contribution in [1.29, 1.82) is 0 Å². The molecule has 1 rings (SSSR count). The van der Waals surface area contributed by atoms with Crippen LogP contribution in [0.4, 0.5) is 4.79 Å². The first-order valence-electron chi connectivity index (χ1n) is 6.93. The molecule has 7 heteroatoms. The number of carbonyl (C=O) groups is 2. The average molecular weight is 288 g/mol. The van der Waals surface area contributed by atoms with Gasteiger partial charge in [0, 0.05) is 20.1 Å². The second kappa shape index (κ2) is 8.06. The molecule has 0 spiro atoms. The van der Waals surface area contributed by atoms with E-state index in [1.165, 1.54) is 0 Å². The Morgan fingerprint density at radius 2 is 2.25 bits per heavy atom. The van der Waals surface area contributed by atoms with Gasteiger partial charge in [0.25, 0.3) is 0 Å².